The second-order valence-electron chi connectivity index (χ2n) is 3.38. The molecule has 0 fully saturated rings. The fraction of sp³-hybridized carbons (Fsp3) is 0.273. The molecule has 2 rings (SSSR count). The number of aryl methyl sites for hydroxylation is 1. The van der Waals surface area contributed by atoms with Crippen LogP contribution in [0.4, 0.5) is 0 Å². The highest BCUT2D eigenvalue weighted by Crippen LogP contribution is 2.23. The van der Waals surface area contributed by atoms with Crippen LogP contribution in [-0.2, 0) is 7.05 Å². The van der Waals surface area contributed by atoms with E-state index < -0.39 is 0 Å². The zero-order valence-corrected chi connectivity index (χ0v) is 9.88. The Balaban J connectivity index is 2.55. The minimum Gasteiger partial charge on any atom is -0.305 e. The molecule has 0 atom stereocenters. The minimum atomic E-state index is 0.928. The van der Waals surface area contributed by atoms with Gasteiger partial charge in [0.05, 0.1) is 0 Å². The highest BCUT2D eigenvalue weighted by molar-refractivity contribution is 7.98. The SMILES string of the molecule is CSc1nnc(-c2ccccc2C)n1C. The zero-order valence-electron chi connectivity index (χ0n) is 9.06. The first kappa shape index (κ1) is 10.2. The van der Waals surface area contributed by atoms with Gasteiger partial charge in [0, 0.05) is 12.6 Å². The summed E-state index contributed by atoms with van der Waals surface area (Å²) >= 11 is 1.61. The summed E-state index contributed by atoms with van der Waals surface area (Å²) in [7, 11) is 1.99. The molecule has 0 spiro atoms. The number of hydrogen-bond acceptors (Lipinski definition) is 3. The molecule has 0 aliphatic heterocycles. The van der Waals surface area contributed by atoms with Gasteiger partial charge in [0.15, 0.2) is 11.0 Å². The van der Waals surface area contributed by atoms with Gasteiger partial charge in [0.1, 0.15) is 0 Å². The molecule has 1 aromatic heterocycles. The molecule has 0 saturated heterocycles. The van der Waals surface area contributed by atoms with Gasteiger partial charge in [0.25, 0.3) is 0 Å². The second-order valence-corrected chi connectivity index (χ2v) is 4.16. The van der Waals surface area contributed by atoms with E-state index in [4.69, 9.17) is 0 Å². The van der Waals surface area contributed by atoms with Gasteiger partial charge in [0.2, 0.25) is 0 Å². The van der Waals surface area contributed by atoms with Crippen LogP contribution in [0.25, 0.3) is 11.4 Å². The number of hydrogen-bond donors (Lipinski definition) is 0. The molecule has 2 aromatic rings. The summed E-state index contributed by atoms with van der Waals surface area (Å²) in [5.74, 6) is 0.928. The molecule has 1 heterocycles. The van der Waals surface area contributed by atoms with E-state index in [0.29, 0.717) is 0 Å². The van der Waals surface area contributed by atoms with E-state index in [1.165, 1.54) is 5.56 Å². The lowest BCUT2D eigenvalue weighted by Crippen LogP contribution is -1.95. The third-order valence-electron chi connectivity index (χ3n) is 2.40. The summed E-state index contributed by atoms with van der Waals surface area (Å²) in [6, 6.07) is 8.21. The number of benzene rings is 1. The average molecular weight is 219 g/mol. The summed E-state index contributed by atoms with van der Waals surface area (Å²) < 4.78 is 2.02. The Kier molecular flexibility index (Phi) is 2.77. The maximum Gasteiger partial charge on any atom is 0.190 e. The van der Waals surface area contributed by atoms with E-state index in [-0.39, 0.29) is 0 Å². The standard InChI is InChI=1S/C11H13N3S/c1-8-6-4-5-7-9(8)10-12-13-11(15-3)14(10)2/h4-7H,1-3H3. The summed E-state index contributed by atoms with van der Waals surface area (Å²) in [4.78, 5) is 0. The van der Waals surface area contributed by atoms with Crippen molar-refractivity contribution in [2.75, 3.05) is 6.26 Å². The number of aromatic nitrogens is 3. The van der Waals surface area contributed by atoms with Crippen molar-refractivity contribution >= 4 is 11.8 Å². The molecule has 0 unspecified atom stereocenters. The van der Waals surface area contributed by atoms with Crippen molar-refractivity contribution < 1.29 is 0 Å². The predicted octanol–water partition coefficient (Wildman–Crippen LogP) is 2.51. The number of rotatable bonds is 2. The monoisotopic (exact) mass is 219 g/mol. The van der Waals surface area contributed by atoms with E-state index in [0.717, 1.165) is 16.5 Å². The molecule has 0 radical (unpaired) electrons. The lowest BCUT2D eigenvalue weighted by atomic mass is 10.1. The summed E-state index contributed by atoms with van der Waals surface area (Å²) in [6.45, 7) is 2.09. The fourth-order valence-electron chi connectivity index (χ4n) is 1.55. The lowest BCUT2D eigenvalue weighted by Gasteiger charge is -2.04. The average Bonchev–Trinajstić information content (AvgIpc) is 2.60. The van der Waals surface area contributed by atoms with Gasteiger partial charge in [-0.2, -0.15) is 0 Å². The largest absolute Gasteiger partial charge is 0.305 e. The Bertz CT molecular complexity index is 476. The lowest BCUT2D eigenvalue weighted by molar-refractivity contribution is 0.795. The summed E-state index contributed by atoms with van der Waals surface area (Å²) in [6.07, 6.45) is 2.01. The van der Waals surface area contributed by atoms with Crippen molar-refractivity contribution in [2.45, 2.75) is 12.1 Å². The first-order valence-corrected chi connectivity index (χ1v) is 5.96. The van der Waals surface area contributed by atoms with E-state index in [1.54, 1.807) is 11.8 Å². The van der Waals surface area contributed by atoms with Gasteiger partial charge in [-0.25, -0.2) is 0 Å². The Morgan fingerprint density at radius 3 is 2.53 bits per heavy atom. The minimum absolute atomic E-state index is 0.928. The Hall–Kier alpha value is -1.29. The van der Waals surface area contributed by atoms with Crippen molar-refractivity contribution in [3.8, 4) is 11.4 Å². The van der Waals surface area contributed by atoms with E-state index in [1.807, 2.05) is 30.0 Å². The number of nitrogens with zero attached hydrogens (tertiary/aromatic N) is 3. The maximum absolute atomic E-state index is 4.21. The van der Waals surface area contributed by atoms with Crippen LogP contribution < -0.4 is 0 Å². The van der Waals surface area contributed by atoms with Crippen molar-refractivity contribution in [2.24, 2.45) is 7.05 Å². The predicted molar refractivity (Wildman–Crippen MR) is 63.0 cm³/mol. The van der Waals surface area contributed by atoms with E-state index in [9.17, 15) is 0 Å². The fourth-order valence-corrected chi connectivity index (χ4v) is 2.03. The highest BCUT2D eigenvalue weighted by atomic mass is 32.2. The molecule has 1 aromatic carbocycles. The van der Waals surface area contributed by atoms with Gasteiger partial charge >= 0.3 is 0 Å². The van der Waals surface area contributed by atoms with Gasteiger partial charge in [-0.3, -0.25) is 0 Å². The molecular formula is C11H13N3S. The van der Waals surface area contributed by atoms with E-state index >= 15 is 0 Å². The van der Waals surface area contributed by atoms with Gasteiger partial charge in [-0.1, -0.05) is 36.0 Å². The van der Waals surface area contributed by atoms with Crippen molar-refractivity contribution in [1.82, 2.24) is 14.8 Å². The Morgan fingerprint density at radius 2 is 1.93 bits per heavy atom. The molecule has 15 heavy (non-hydrogen) atoms. The maximum atomic E-state index is 4.21. The first-order valence-electron chi connectivity index (χ1n) is 4.73. The van der Waals surface area contributed by atoms with Crippen molar-refractivity contribution in [3.05, 3.63) is 29.8 Å². The van der Waals surface area contributed by atoms with Crippen molar-refractivity contribution in [3.63, 3.8) is 0 Å². The van der Waals surface area contributed by atoms with Crippen LogP contribution in [-0.4, -0.2) is 21.0 Å². The van der Waals surface area contributed by atoms with Crippen LogP contribution in [0.15, 0.2) is 29.4 Å². The molecule has 78 valence electrons. The normalized spacial score (nSPS) is 10.6. The molecule has 0 aliphatic rings. The van der Waals surface area contributed by atoms with Crippen LogP contribution >= 0.6 is 11.8 Å². The van der Waals surface area contributed by atoms with Gasteiger partial charge < -0.3 is 4.57 Å². The van der Waals surface area contributed by atoms with E-state index in [2.05, 4.69) is 29.3 Å². The molecule has 0 aliphatic carbocycles. The van der Waals surface area contributed by atoms with Crippen LogP contribution in [0.5, 0.6) is 0 Å². The highest BCUT2D eigenvalue weighted by Gasteiger charge is 2.10. The van der Waals surface area contributed by atoms with Gasteiger partial charge in [-0.15, -0.1) is 10.2 Å². The molecule has 0 saturated carbocycles. The molecule has 4 heteroatoms. The van der Waals surface area contributed by atoms with Crippen LogP contribution in [0.3, 0.4) is 0 Å². The van der Waals surface area contributed by atoms with Gasteiger partial charge in [-0.05, 0) is 18.7 Å². The molecule has 0 bridgehead atoms. The molecule has 3 nitrogen and oxygen atoms in total. The third-order valence-corrected chi connectivity index (χ3v) is 3.12. The first-order chi connectivity index (χ1) is 7.24. The number of thioether (sulfide) groups is 1. The van der Waals surface area contributed by atoms with Crippen LogP contribution in [0, 0.1) is 6.92 Å². The van der Waals surface area contributed by atoms with Crippen molar-refractivity contribution in [1.29, 1.82) is 0 Å². The zero-order chi connectivity index (χ0) is 10.8. The molecule has 0 amide bonds. The molecular weight excluding hydrogens is 206 g/mol. The smallest absolute Gasteiger partial charge is 0.190 e. The van der Waals surface area contributed by atoms with Crippen LogP contribution in [0.2, 0.25) is 0 Å². The summed E-state index contributed by atoms with van der Waals surface area (Å²) in [5, 5.41) is 9.28. The second kappa shape index (κ2) is 4.06. The Morgan fingerprint density at radius 1 is 1.20 bits per heavy atom. The quantitative estimate of drug-likeness (QED) is 0.727. The topological polar surface area (TPSA) is 30.7 Å². The Labute approximate surface area is 93.5 Å². The molecule has 0 N–H and O–H groups in total. The summed E-state index contributed by atoms with van der Waals surface area (Å²) in [5.41, 5.74) is 2.37. The third kappa shape index (κ3) is 1.77. The van der Waals surface area contributed by atoms with Crippen LogP contribution in [0.1, 0.15) is 5.56 Å².